The quantitative estimate of drug-likeness (QED) is 0.464. The Labute approximate surface area is 171 Å². The van der Waals surface area contributed by atoms with E-state index in [1.54, 1.807) is 22.7 Å². The topological polar surface area (TPSA) is 46.1 Å². The number of benzene rings is 2. The number of fused-ring (bicyclic) bond motifs is 2. The molecule has 4 nitrogen and oxygen atoms in total. The largest absolute Gasteiger partial charge is 0.343 e. The number of rotatable bonds is 4. The smallest absolute Gasteiger partial charge is 0.222 e. The molecule has 28 heavy (non-hydrogen) atoms. The van der Waals surface area contributed by atoms with Gasteiger partial charge in [0.2, 0.25) is 5.91 Å². The Kier molecular flexibility index (Phi) is 4.82. The first-order valence-corrected chi connectivity index (χ1v) is 11.4. The van der Waals surface area contributed by atoms with E-state index in [2.05, 4.69) is 29.2 Å². The minimum Gasteiger partial charge on any atom is -0.343 e. The number of carbonyl (C=O) groups excluding carboxylic acids is 1. The number of para-hydroxylation sites is 2. The van der Waals surface area contributed by atoms with Gasteiger partial charge in [-0.15, -0.1) is 22.7 Å². The molecule has 4 aromatic rings. The Morgan fingerprint density at radius 3 is 2.25 bits per heavy atom. The van der Waals surface area contributed by atoms with E-state index in [9.17, 15) is 4.79 Å². The van der Waals surface area contributed by atoms with Gasteiger partial charge in [-0.25, -0.2) is 9.97 Å². The highest BCUT2D eigenvalue weighted by atomic mass is 32.1. The highest BCUT2D eigenvalue weighted by Gasteiger charge is 2.25. The molecule has 1 fully saturated rings. The molecular weight excluding hydrogens is 386 g/mol. The first kappa shape index (κ1) is 17.8. The third-order valence-electron chi connectivity index (χ3n) is 5.40. The zero-order valence-electron chi connectivity index (χ0n) is 15.5. The van der Waals surface area contributed by atoms with Crippen LogP contribution in [0.1, 0.15) is 35.2 Å². The number of carbonyl (C=O) groups is 1. The summed E-state index contributed by atoms with van der Waals surface area (Å²) in [6.45, 7) is 1.67. The molecule has 1 aliphatic heterocycles. The summed E-state index contributed by atoms with van der Waals surface area (Å²) in [7, 11) is 0. The summed E-state index contributed by atoms with van der Waals surface area (Å²) in [6.07, 6.45) is 3.29. The van der Waals surface area contributed by atoms with E-state index in [1.165, 1.54) is 14.4 Å². The number of piperidine rings is 1. The van der Waals surface area contributed by atoms with Gasteiger partial charge in [0.1, 0.15) is 0 Å². The van der Waals surface area contributed by atoms with Crippen LogP contribution in [-0.2, 0) is 11.2 Å². The van der Waals surface area contributed by atoms with Crippen molar-refractivity contribution in [1.82, 2.24) is 14.9 Å². The second kappa shape index (κ2) is 7.60. The van der Waals surface area contributed by atoms with E-state index in [4.69, 9.17) is 4.98 Å². The lowest BCUT2D eigenvalue weighted by Crippen LogP contribution is -2.38. The highest BCUT2D eigenvalue weighted by molar-refractivity contribution is 7.18. The SMILES string of the molecule is O=C(CCc1nc2ccccc2s1)N1CCC(c2nc3ccccc3s2)CC1. The van der Waals surface area contributed by atoms with E-state index in [0.29, 0.717) is 12.3 Å². The van der Waals surface area contributed by atoms with Crippen LogP contribution in [0, 0.1) is 0 Å². The van der Waals surface area contributed by atoms with Gasteiger partial charge < -0.3 is 4.90 Å². The van der Waals surface area contributed by atoms with Crippen LogP contribution in [0.25, 0.3) is 20.4 Å². The second-order valence-corrected chi connectivity index (χ2v) is 9.43. The maximum Gasteiger partial charge on any atom is 0.222 e. The first-order chi connectivity index (χ1) is 13.8. The van der Waals surface area contributed by atoms with Gasteiger partial charge in [0.25, 0.3) is 0 Å². The molecule has 2 aromatic heterocycles. The molecular formula is C22H21N3OS2. The van der Waals surface area contributed by atoms with E-state index in [1.807, 2.05) is 29.2 Å². The third kappa shape index (κ3) is 3.54. The van der Waals surface area contributed by atoms with Crippen molar-refractivity contribution < 1.29 is 4.79 Å². The molecule has 2 aromatic carbocycles. The number of aromatic nitrogens is 2. The second-order valence-electron chi connectivity index (χ2n) is 7.25. The minimum atomic E-state index is 0.252. The fourth-order valence-electron chi connectivity index (χ4n) is 3.84. The van der Waals surface area contributed by atoms with Gasteiger partial charge in [-0.2, -0.15) is 0 Å². The lowest BCUT2D eigenvalue weighted by Gasteiger charge is -2.31. The number of thiazole rings is 2. The van der Waals surface area contributed by atoms with Crippen molar-refractivity contribution in [2.45, 2.75) is 31.6 Å². The summed E-state index contributed by atoms with van der Waals surface area (Å²) < 4.78 is 2.45. The Hall–Kier alpha value is -2.31. The monoisotopic (exact) mass is 407 g/mol. The van der Waals surface area contributed by atoms with Crippen molar-refractivity contribution in [1.29, 1.82) is 0 Å². The fourth-order valence-corrected chi connectivity index (χ4v) is 5.94. The van der Waals surface area contributed by atoms with Gasteiger partial charge in [0, 0.05) is 31.8 Å². The van der Waals surface area contributed by atoms with Gasteiger partial charge in [-0.05, 0) is 37.1 Å². The Morgan fingerprint density at radius 2 is 1.57 bits per heavy atom. The Morgan fingerprint density at radius 1 is 0.929 bits per heavy atom. The number of nitrogens with zero attached hydrogens (tertiary/aromatic N) is 3. The number of hydrogen-bond donors (Lipinski definition) is 0. The highest BCUT2D eigenvalue weighted by Crippen LogP contribution is 2.34. The van der Waals surface area contributed by atoms with Crippen LogP contribution in [0.4, 0.5) is 0 Å². The van der Waals surface area contributed by atoms with Gasteiger partial charge >= 0.3 is 0 Å². The molecule has 5 rings (SSSR count). The van der Waals surface area contributed by atoms with Gasteiger partial charge in [-0.3, -0.25) is 4.79 Å². The molecule has 0 unspecified atom stereocenters. The summed E-state index contributed by atoms with van der Waals surface area (Å²) in [4.78, 5) is 24.1. The predicted octanol–water partition coefficient (Wildman–Crippen LogP) is 5.24. The molecule has 0 N–H and O–H groups in total. The molecule has 6 heteroatoms. The van der Waals surface area contributed by atoms with Crippen molar-refractivity contribution in [2.75, 3.05) is 13.1 Å². The Balaban J connectivity index is 1.17. The molecule has 0 spiro atoms. The van der Waals surface area contributed by atoms with Crippen LogP contribution >= 0.6 is 22.7 Å². The molecule has 1 aliphatic rings. The van der Waals surface area contributed by atoms with Crippen LogP contribution in [0.15, 0.2) is 48.5 Å². The normalized spacial score (nSPS) is 15.5. The first-order valence-electron chi connectivity index (χ1n) is 9.74. The number of likely N-dealkylation sites (tertiary alicyclic amines) is 1. The summed E-state index contributed by atoms with van der Waals surface area (Å²) in [5, 5.41) is 2.28. The number of hydrogen-bond acceptors (Lipinski definition) is 5. The standard InChI is InChI=1S/C22H21N3OS2/c26-21(10-9-20-23-16-5-1-3-7-18(16)27-20)25-13-11-15(12-14-25)22-24-17-6-2-4-8-19(17)28-22/h1-8,15H,9-14H2. The van der Waals surface area contributed by atoms with Gasteiger partial charge in [0.15, 0.2) is 0 Å². The van der Waals surface area contributed by atoms with Gasteiger partial charge in [-0.1, -0.05) is 24.3 Å². The lowest BCUT2D eigenvalue weighted by atomic mass is 9.97. The van der Waals surface area contributed by atoms with Crippen LogP contribution in [-0.4, -0.2) is 33.9 Å². The maximum absolute atomic E-state index is 12.7. The predicted molar refractivity (Wildman–Crippen MR) is 116 cm³/mol. The lowest BCUT2D eigenvalue weighted by molar-refractivity contribution is -0.132. The molecule has 142 valence electrons. The molecule has 1 amide bonds. The van der Waals surface area contributed by atoms with E-state index in [-0.39, 0.29) is 5.91 Å². The van der Waals surface area contributed by atoms with E-state index >= 15 is 0 Å². The molecule has 1 saturated heterocycles. The average molecular weight is 408 g/mol. The zero-order valence-corrected chi connectivity index (χ0v) is 17.1. The summed E-state index contributed by atoms with van der Waals surface area (Å²) in [6, 6.07) is 16.5. The summed E-state index contributed by atoms with van der Waals surface area (Å²) in [5.41, 5.74) is 2.13. The average Bonchev–Trinajstić information content (AvgIpc) is 3.35. The van der Waals surface area contributed by atoms with E-state index in [0.717, 1.165) is 48.4 Å². The molecule has 0 saturated carbocycles. The molecule has 0 radical (unpaired) electrons. The maximum atomic E-state index is 12.7. The zero-order chi connectivity index (χ0) is 18.9. The van der Waals surface area contributed by atoms with Gasteiger partial charge in [0.05, 0.1) is 30.4 Å². The molecule has 3 heterocycles. The van der Waals surface area contributed by atoms with Crippen molar-refractivity contribution >= 4 is 49.0 Å². The minimum absolute atomic E-state index is 0.252. The third-order valence-corrected chi connectivity index (χ3v) is 7.69. The van der Waals surface area contributed by atoms with Crippen molar-refractivity contribution in [3.63, 3.8) is 0 Å². The molecule has 0 bridgehead atoms. The number of amides is 1. The van der Waals surface area contributed by atoms with Crippen LogP contribution in [0.5, 0.6) is 0 Å². The van der Waals surface area contributed by atoms with Crippen molar-refractivity contribution in [3.05, 3.63) is 58.5 Å². The number of aryl methyl sites for hydroxylation is 1. The van der Waals surface area contributed by atoms with Crippen molar-refractivity contribution in [3.8, 4) is 0 Å². The van der Waals surface area contributed by atoms with Crippen molar-refractivity contribution in [2.24, 2.45) is 0 Å². The van der Waals surface area contributed by atoms with Crippen LogP contribution in [0.2, 0.25) is 0 Å². The fraction of sp³-hybridized carbons (Fsp3) is 0.318. The summed E-state index contributed by atoms with van der Waals surface area (Å²) >= 11 is 3.50. The van der Waals surface area contributed by atoms with E-state index < -0.39 is 0 Å². The Bertz CT molecular complexity index is 1060. The van der Waals surface area contributed by atoms with Crippen LogP contribution < -0.4 is 0 Å². The van der Waals surface area contributed by atoms with Crippen LogP contribution in [0.3, 0.4) is 0 Å². The molecule has 0 aliphatic carbocycles. The molecule has 0 atom stereocenters. The summed E-state index contributed by atoms with van der Waals surface area (Å²) in [5.74, 6) is 0.729.